The average Bonchev–Trinajstić information content (AvgIpc) is 2.93. The Balaban J connectivity index is 1.66. The lowest BCUT2D eigenvalue weighted by molar-refractivity contribution is -0.118. The molecule has 208 valence electrons. The number of carbonyl (C=O) groups excluding carboxylic acids is 1. The zero-order valence-electron chi connectivity index (χ0n) is 21.5. The van der Waals surface area contributed by atoms with Crippen molar-refractivity contribution in [3.8, 4) is 11.5 Å². The number of nitrogens with zero attached hydrogens (tertiary/aromatic N) is 3. The highest BCUT2D eigenvalue weighted by Gasteiger charge is 2.19. The van der Waals surface area contributed by atoms with Gasteiger partial charge in [-0.1, -0.05) is 46.6 Å². The van der Waals surface area contributed by atoms with Gasteiger partial charge < -0.3 is 14.8 Å². The standard InChI is InChI=1S/C28H24Br2ClFN4O4/c1-3-7-23-34-20-11-10-17(29)13-18(20)28(38)36(23)33-14-16-12-22(39-4-2)27(26(31)25(16)30)40-15-24(37)35-21-9-6-5-8-19(21)32/h5-6,8-14H,3-4,7,15H2,1-2H3,(H,35,37). The van der Waals surface area contributed by atoms with Gasteiger partial charge >= 0.3 is 0 Å². The zero-order chi connectivity index (χ0) is 28.8. The van der Waals surface area contributed by atoms with Gasteiger partial charge in [0.2, 0.25) is 0 Å². The average molecular weight is 695 g/mol. The van der Waals surface area contributed by atoms with Crippen molar-refractivity contribution in [3.63, 3.8) is 0 Å². The SMILES string of the molecule is CCCc1nc2ccc(Br)cc2c(=O)n1N=Cc1cc(OCC)c(OCC(=O)Nc2ccccc2F)c(Cl)c1Br. The molecule has 0 saturated heterocycles. The molecule has 0 atom stereocenters. The zero-order valence-corrected chi connectivity index (χ0v) is 25.4. The highest BCUT2D eigenvalue weighted by molar-refractivity contribution is 9.10. The summed E-state index contributed by atoms with van der Waals surface area (Å²) in [4.78, 5) is 30.4. The smallest absolute Gasteiger partial charge is 0.282 e. The topological polar surface area (TPSA) is 94.8 Å². The Hall–Kier alpha value is -3.28. The van der Waals surface area contributed by atoms with Gasteiger partial charge in [-0.15, -0.1) is 0 Å². The molecule has 1 aromatic heterocycles. The van der Waals surface area contributed by atoms with E-state index in [4.69, 9.17) is 21.1 Å². The summed E-state index contributed by atoms with van der Waals surface area (Å²) < 4.78 is 27.7. The lowest BCUT2D eigenvalue weighted by Crippen LogP contribution is -2.22. The first-order valence-electron chi connectivity index (χ1n) is 12.3. The van der Waals surface area contributed by atoms with Crippen LogP contribution in [0.3, 0.4) is 0 Å². The van der Waals surface area contributed by atoms with Crippen molar-refractivity contribution in [1.82, 2.24) is 9.66 Å². The summed E-state index contributed by atoms with van der Waals surface area (Å²) in [6.07, 6.45) is 2.79. The Bertz CT molecular complexity index is 1660. The van der Waals surface area contributed by atoms with Crippen LogP contribution in [0.25, 0.3) is 10.9 Å². The molecule has 40 heavy (non-hydrogen) atoms. The van der Waals surface area contributed by atoms with E-state index in [0.29, 0.717) is 33.2 Å². The summed E-state index contributed by atoms with van der Waals surface area (Å²) in [5.74, 6) is -0.240. The molecule has 0 aliphatic rings. The van der Waals surface area contributed by atoms with E-state index in [1.54, 1.807) is 31.2 Å². The molecule has 0 aliphatic carbocycles. The number of ether oxygens (including phenoxy) is 2. The molecule has 1 N–H and O–H groups in total. The molecule has 8 nitrogen and oxygen atoms in total. The molecule has 4 aromatic rings. The summed E-state index contributed by atoms with van der Waals surface area (Å²) in [7, 11) is 0. The minimum Gasteiger partial charge on any atom is -0.490 e. The van der Waals surface area contributed by atoms with Crippen LogP contribution in [0.4, 0.5) is 10.1 Å². The quantitative estimate of drug-likeness (QED) is 0.181. The Kier molecular flexibility index (Phi) is 9.94. The first-order chi connectivity index (χ1) is 19.2. The second-order valence-corrected chi connectivity index (χ2v) is 10.6. The van der Waals surface area contributed by atoms with Crippen LogP contribution in [0.5, 0.6) is 11.5 Å². The Morgan fingerprint density at radius 2 is 1.95 bits per heavy atom. The van der Waals surface area contributed by atoms with Gasteiger partial charge in [-0.05, 0) is 65.7 Å². The number of aryl methyl sites for hydroxylation is 1. The fourth-order valence-electron chi connectivity index (χ4n) is 3.80. The Morgan fingerprint density at radius 1 is 1.18 bits per heavy atom. The van der Waals surface area contributed by atoms with E-state index in [-0.39, 0.29) is 34.4 Å². The van der Waals surface area contributed by atoms with Crippen molar-refractivity contribution in [2.45, 2.75) is 26.7 Å². The monoisotopic (exact) mass is 692 g/mol. The van der Waals surface area contributed by atoms with Crippen LogP contribution in [0, 0.1) is 5.82 Å². The molecule has 0 spiro atoms. The van der Waals surface area contributed by atoms with Gasteiger partial charge in [0.1, 0.15) is 16.7 Å². The number of anilines is 1. The van der Waals surface area contributed by atoms with Crippen LogP contribution in [0.1, 0.15) is 31.7 Å². The van der Waals surface area contributed by atoms with E-state index in [1.807, 2.05) is 13.0 Å². The lowest BCUT2D eigenvalue weighted by Gasteiger charge is -2.16. The molecule has 0 bridgehead atoms. The maximum atomic E-state index is 13.9. The molecule has 0 unspecified atom stereocenters. The summed E-state index contributed by atoms with van der Waals surface area (Å²) >= 11 is 13.5. The normalized spacial score (nSPS) is 11.2. The van der Waals surface area contributed by atoms with Crippen LogP contribution in [0.15, 0.2) is 67.4 Å². The first-order valence-corrected chi connectivity index (χ1v) is 14.3. The maximum absolute atomic E-state index is 13.9. The molecule has 1 heterocycles. The number of hydrogen-bond acceptors (Lipinski definition) is 6. The molecule has 3 aromatic carbocycles. The van der Waals surface area contributed by atoms with Gasteiger partial charge in [0.05, 0.1) is 29.4 Å². The van der Waals surface area contributed by atoms with Gasteiger partial charge in [-0.3, -0.25) is 9.59 Å². The maximum Gasteiger partial charge on any atom is 0.282 e. The van der Waals surface area contributed by atoms with Gasteiger partial charge in [0.15, 0.2) is 18.1 Å². The predicted octanol–water partition coefficient (Wildman–Crippen LogP) is 6.96. The third-order valence-corrected chi connectivity index (χ3v) is 7.55. The van der Waals surface area contributed by atoms with Crippen LogP contribution in [0.2, 0.25) is 5.02 Å². The molecule has 0 radical (unpaired) electrons. The summed E-state index contributed by atoms with van der Waals surface area (Å²) in [5, 5.41) is 7.47. The predicted molar refractivity (Wildman–Crippen MR) is 162 cm³/mol. The summed E-state index contributed by atoms with van der Waals surface area (Å²) in [5.41, 5.74) is 0.819. The molecule has 1 amide bonds. The van der Waals surface area contributed by atoms with Crippen molar-refractivity contribution >= 4 is 72.2 Å². The molecule has 0 aliphatic heterocycles. The lowest BCUT2D eigenvalue weighted by atomic mass is 10.2. The largest absolute Gasteiger partial charge is 0.490 e. The molecule has 4 rings (SSSR count). The number of amides is 1. The number of fused-ring (bicyclic) bond motifs is 1. The third kappa shape index (κ3) is 6.71. The van der Waals surface area contributed by atoms with Crippen molar-refractivity contribution in [3.05, 3.63) is 90.1 Å². The molecule has 0 saturated carbocycles. The van der Waals surface area contributed by atoms with E-state index >= 15 is 0 Å². The van der Waals surface area contributed by atoms with E-state index in [2.05, 4.69) is 47.3 Å². The van der Waals surface area contributed by atoms with Gasteiger partial charge in [0, 0.05) is 20.9 Å². The minimum atomic E-state index is -0.580. The highest BCUT2D eigenvalue weighted by Crippen LogP contribution is 2.42. The van der Waals surface area contributed by atoms with Crippen LogP contribution < -0.4 is 20.3 Å². The van der Waals surface area contributed by atoms with Crippen molar-refractivity contribution in [1.29, 1.82) is 0 Å². The van der Waals surface area contributed by atoms with Crippen LogP contribution in [-0.4, -0.2) is 35.0 Å². The van der Waals surface area contributed by atoms with E-state index < -0.39 is 18.3 Å². The van der Waals surface area contributed by atoms with Crippen molar-refractivity contribution < 1.29 is 18.7 Å². The number of rotatable bonds is 10. The third-order valence-electron chi connectivity index (χ3n) is 5.61. The van der Waals surface area contributed by atoms with Crippen molar-refractivity contribution in [2.75, 3.05) is 18.5 Å². The van der Waals surface area contributed by atoms with Crippen LogP contribution >= 0.6 is 43.5 Å². The fraction of sp³-hybridized carbons (Fsp3) is 0.214. The molecular weight excluding hydrogens is 671 g/mol. The van der Waals surface area contributed by atoms with E-state index in [0.717, 1.165) is 10.9 Å². The molecular formula is C28H24Br2ClFN4O4. The number of para-hydroxylation sites is 1. The number of carbonyl (C=O) groups is 1. The van der Waals surface area contributed by atoms with Crippen LogP contribution in [-0.2, 0) is 11.2 Å². The Labute approximate surface area is 251 Å². The minimum absolute atomic E-state index is 0.0354. The van der Waals surface area contributed by atoms with Gasteiger partial charge in [0.25, 0.3) is 11.5 Å². The second-order valence-electron chi connectivity index (χ2n) is 8.47. The number of nitrogens with one attached hydrogen (secondary N) is 1. The van der Waals surface area contributed by atoms with E-state index in [1.165, 1.54) is 29.1 Å². The number of aromatic nitrogens is 2. The summed E-state index contributed by atoms with van der Waals surface area (Å²) in [6.45, 7) is 3.62. The van der Waals surface area contributed by atoms with E-state index in [9.17, 15) is 14.0 Å². The molecule has 12 heteroatoms. The number of benzene rings is 3. The second kappa shape index (κ2) is 13.4. The van der Waals surface area contributed by atoms with Gasteiger partial charge in [-0.2, -0.15) is 9.78 Å². The number of hydrogen-bond donors (Lipinski definition) is 1. The number of halogens is 4. The Morgan fingerprint density at radius 3 is 2.67 bits per heavy atom. The van der Waals surface area contributed by atoms with Gasteiger partial charge in [-0.25, -0.2) is 9.37 Å². The fourth-order valence-corrected chi connectivity index (χ4v) is 4.82. The first kappa shape index (κ1) is 29.7. The summed E-state index contributed by atoms with van der Waals surface area (Å²) in [6, 6.07) is 12.8. The molecule has 0 fully saturated rings. The highest BCUT2D eigenvalue weighted by atomic mass is 79.9. The van der Waals surface area contributed by atoms with Crippen molar-refractivity contribution in [2.24, 2.45) is 5.10 Å².